The van der Waals surface area contributed by atoms with Gasteiger partial charge in [0.1, 0.15) is 89.4 Å². The summed E-state index contributed by atoms with van der Waals surface area (Å²) in [6.07, 6.45) is 2.15. The molecule has 13 aromatic carbocycles. The Morgan fingerprint density at radius 2 is 0.411 bits per heavy atom. The minimum atomic E-state index is -4.75. The highest BCUT2D eigenvalue weighted by atomic mass is 32.2. The molecular formula is C89H82O41S11. The van der Waals surface area contributed by atoms with Crippen LogP contribution in [0.25, 0.3) is 11.1 Å². The summed E-state index contributed by atoms with van der Waals surface area (Å²) in [6, 6.07) is 77.0. The van der Waals surface area contributed by atoms with E-state index in [2.05, 4.69) is 0 Å². The van der Waals surface area contributed by atoms with E-state index in [0.29, 0.717) is 92.6 Å². The third-order valence-electron chi connectivity index (χ3n) is 17.1. The van der Waals surface area contributed by atoms with Gasteiger partial charge in [0.2, 0.25) is 19.7 Å². The van der Waals surface area contributed by atoms with Gasteiger partial charge in [0, 0.05) is 22.3 Å². The number of carbonyl (C=O) groups excluding carboxylic acids is 2. The lowest BCUT2D eigenvalue weighted by atomic mass is 10.0. The molecule has 0 spiro atoms. The van der Waals surface area contributed by atoms with Crippen LogP contribution in [0.15, 0.2) is 332 Å². The van der Waals surface area contributed by atoms with Crippen molar-refractivity contribution in [2.24, 2.45) is 0 Å². The first kappa shape index (κ1) is 117. The molecular weight excluding hydrogens is 2080 g/mol. The number of hydrogen-bond acceptors (Lipinski definition) is 35. The van der Waals surface area contributed by atoms with Crippen molar-refractivity contribution in [3.05, 3.63) is 336 Å². The van der Waals surface area contributed by atoms with Crippen molar-refractivity contribution in [2.75, 3.05) is 40.1 Å². The van der Waals surface area contributed by atoms with Crippen LogP contribution in [0.1, 0.15) is 48.5 Å². The van der Waals surface area contributed by atoms with E-state index in [0.717, 1.165) is 28.8 Å². The highest BCUT2D eigenvalue weighted by Crippen LogP contribution is 2.39. The zero-order valence-corrected chi connectivity index (χ0v) is 83.2. The van der Waals surface area contributed by atoms with E-state index < -0.39 is 127 Å². The van der Waals surface area contributed by atoms with E-state index in [9.17, 15) is 90.6 Å². The number of benzene rings is 13. The second kappa shape index (κ2) is 52.7. The Labute approximate surface area is 814 Å². The lowest BCUT2D eigenvalue weighted by Gasteiger charge is -2.13. The maximum atomic E-state index is 13.2. The summed E-state index contributed by atoms with van der Waals surface area (Å²) >= 11 is 0. The van der Waals surface area contributed by atoms with Crippen LogP contribution in [-0.2, 0) is 112 Å². The fourth-order valence-electron chi connectivity index (χ4n) is 10.9. The van der Waals surface area contributed by atoms with E-state index in [1.165, 1.54) is 87.0 Å². The number of ether oxygens (including phenoxy) is 8. The van der Waals surface area contributed by atoms with Crippen molar-refractivity contribution in [1.82, 2.24) is 0 Å². The topological polar surface area (TPSA) is 656 Å². The molecule has 13 rings (SSSR count). The smallest absolute Gasteiger partial charge is 0.425 e. The van der Waals surface area contributed by atoms with Crippen molar-refractivity contribution in [3.63, 3.8) is 0 Å². The number of methoxy groups -OCH3 is 3. The molecule has 141 heavy (non-hydrogen) atoms. The summed E-state index contributed by atoms with van der Waals surface area (Å²) in [6.45, 7) is 5.60. The van der Waals surface area contributed by atoms with Crippen LogP contribution >= 0.6 is 0 Å². The van der Waals surface area contributed by atoms with Gasteiger partial charge in [-0.15, -0.1) is 37.9 Å². The SMILES string of the molecule is COc1ccc(Oc2ccc(C(=O)c3ccc(C)cc3)cc2S(=O)(=O)O)cc1.COc1ccc(Oc2ccc(C(=O)c3ccc(Oc4ccc(-c5ccc(Oc6ccc(S(=O)(=O)c7ccc(C)cc7)cc6)cc5)cc4S(=O)(=O)O)cc3)cc2)cc1.COc1ccc(Oc2ccc(S(=O)(=O)c3ccc(C)cc3)cc2S(=O)(=O)O)cc1.CS(=O)(=O)O.CS(=O)(=O)O.CS(=O)(=O)O.O=S(=O)=O.O=S(=O)=O.O=S(=O)=O. The molecule has 750 valence electrons. The van der Waals surface area contributed by atoms with E-state index >= 15 is 0 Å². The van der Waals surface area contributed by atoms with Crippen molar-refractivity contribution in [1.29, 1.82) is 0 Å². The predicted octanol–water partition coefficient (Wildman–Crippen LogP) is 14.0. The van der Waals surface area contributed by atoms with Gasteiger partial charge in [0.05, 0.1) is 59.7 Å². The molecule has 0 amide bonds. The molecule has 0 saturated carbocycles. The molecule has 6 N–H and O–H groups in total. The molecule has 41 nitrogen and oxygen atoms in total. The average Bonchev–Trinajstić information content (AvgIpc) is 0.787. The first-order valence-corrected chi connectivity index (χ1v) is 54.2. The summed E-state index contributed by atoms with van der Waals surface area (Å²) < 4.78 is 351. The van der Waals surface area contributed by atoms with Gasteiger partial charge in [0.15, 0.2) is 11.6 Å². The number of ketones is 2. The second-order valence-electron chi connectivity index (χ2n) is 27.9. The Hall–Kier alpha value is -14.2. The molecule has 0 aliphatic heterocycles. The molecule has 0 heterocycles. The lowest BCUT2D eigenvalue weighted by Crippen LogP contribution is -2.06. The van der Waals surface area contributed by atoms with Crippen LogP contribution < -0.4 is 37.9 Å². The molecule has 0 radical (unpaired) electrons. The predicted molar refractivity (Wildman–Crippen MR) is 506 cm³/mol. The number of rotatable bonds is 25. The Bertz CT molecular complexity index is 7740. The number of hydrogen-bond donors (Lipinski definition) is 6. The van der Waals surface area contributed by atoms with E-state index in [-0.39, 0.29) is 65.5 Å². The average molecular weight is 2160 g/mol. The largest absolute Gasteiger partial charge is 0.497 e. The molecule has 0 unspecified atom stereocenters. The maximum absolute atomic E-state index is 13.2. The van der Waals surface area contributed by atoms with Crippen LogP contribution in [0, 0.1) is 20.8 Å². The first-order chi connectivity index (χ1) is 65.4. The van der Waals surface area contributed by atoms with Gasteiger partial charge < -0.3 is 37.9 Å². The molecule has 52 heteroatoms. The van der Waals surface area contributed by atoms with Gasteiger partial charge in [-0.05, 0) is 262 Å². The molecule has 0 atom stereocenters. The van der Waals surface area contributed by atoms with E-state index in [1.807, 2.05) is 20.8 Å². The summed E-state index contributed by atoms with van der Waals surface area (Å²) in [7, 11) is -37.5. The summed E-state index contributed by atoms with van der Waals surface area (Å²) in [5, 5.41) is 0. The third kappa shape index (κ3) is 42.6. The zero-order chi connectivity index (χ0) is 106. The summed E-state index contributed by atoms with van der Waals surface area (Å²) in [5.74, 6) is 3.83. The van der Waals surface area contributed by atoms with Gasteiger partial charge in [-0.1, -0.05) is 83.4 Å². The molecule has 0 saturated heterocycles. The summed E-state index contributed by atoms with van der Waals surface area (Å²) in [4.78, 5) is 24.3. The maximum Gasteiger partial charge on any atom is 0.425 e. The molecule has 0 aliphatic rings. The minimum absolute atomic E-state index is 0.00760. The minimum Gasteiger partial charge on any atom is -0.497 e. The fraction of sp³-hybridized carbons (Fsp3) is 0.101. The Morgan fingerprint density at radius 1 is 0.227 bits per heavy atom. The molecule has 0 bridgehead atoms. The number of sulfone groups is 2. The quantitative estimate of drug-likeness (QED) is 0.0229. The van der Waals surface area contributed by atoms with Crippen LogP contribution in [0.5, 0.6) is 74.7 Å². The van der Waals surface area contributed by atoms with Crippen molar-refractivity contribution < 1.29 is 180 Å². The normalized spacial score (nSPS) is 11.0. The van der Waals surface area contributed by atoms with E-state index in [1.54, 1.807) is 219 Å². The van der Waals surface area contributed by atoms with Crippen LogP contribution in [-0.4, -0.2) is 184 Å². The Kier molecular flexibility index (Phi) is 43.9. The number of carbonyl (C=O) groups is 2. The van der Waals surface area contributed by atoms with Gasteiger partial charge in [0.25, 0.3) is 60.7 Å². The van der Waals surface area contributed by atoms with Gasteiger partial charge in [-0.3, -0.25) is 36.9 Å². The third-order valence-corrected chi connectivity index (χ3v) is 23.3. The van der Waals surface area contributed by atoms with Gasteiger partial charge in [-0.25, -0.2) is 16.8 Å². The summed E-state index contributed by atoms with van der Waals surface area (Å²) in [5.41, 5.74) is 5.30. The second-order valence-corrected chi connectivity index (χ2v) is 41.6. The molecule has 0 aliphatic carbocycles. The van der Waals surface area contributed by atoms with Crippen LogP contribution in [0.4, 0.5) is 0 Å². The first-order valence-electron chi connectivity index (χ1n) is 38.4. The van der Waals surface area contributed by atoms with Crippen molar-refractivity contribution in [2.45, 2.75) is 55.0 Å². The van der Waals surface area contributed by atoms with Crippen LogP contribution in [0.2, 0.25) is 0 Å². The molecule has 13 aromatic rings. The monoisotopic (exact) mass is 2160 g/mol. The molecule has 0 fully saturated rings. The highest BCUT2D eigenvalue weighted by molar-refractivity contribution is 7.92. The molecule has 0 aromatic heterocycles. The standard InChI is InChI=1S/C45H34O10S2.C21H18O6S.C20H18O7S2.3CH4O3S.3O3S/c1-30-3-24-41(25-4-30)56(47,48)42-26-22-39(23-27-42)54-36-12-5-31(6-13-36)34-11-28-43(44(29-34)57(49,50)51)55-40-16-9-33(10-17-40)45(46)32-7-14-37(15-8-32)53-38-20-18-35(52-2)19-21-38;1-14-3-5-15(6-4-14)21(22)16-7-12-19(20(13-16)28(23,24)25)27-18-10-8-17(26-2)9-11-18;1-14-3-9-17(10-4-14)28(21,22)18-11-12-19(20(13-18)29(23,24)25)27-16-7-5-15(26-2)6-8-16;3*1-5(2,3)4;3*1-4(2)3/h3-29H,1-2H3,(H,49,50,51);3-13H,1-2H3,(H,23,24,25);3-13H,1-2H3,(H,23,24,25);3*1H3,(H,2,3,4);;;. The van der Waals surface area contributed by atoms with Gasteiger partial charge in [-0.2, -0.15) is 50.5 Å². The lowest BCUT2D eigenvalue weighted by molar-refractivity contribution is 0.103. The Morgan fingerprint density at radius 3 is 0.702 bits per heavy atom. The Balaban J connectivity index is 0.000000349. The van der Waals surface area contributed by atoms with Crippen molar-refractivity contribution in [3.8, 4) is 85.9 Å². The number of aryl methyl sites for hydroxylation is 3. The van der Waals surface area contributed by atoms with E-state index in [4.69, 9.17) is 89.4 Å². The van der Waals surface area contributed by atoms with Crippen molar-refractivity contribution >= 4 is 124 Å². The highest BCUT2D eigenvalue weighted by Gasteiger charge is 2.27. The fourth-order valence-corrected chi connectivity index (χ4v) is 15.5. The van der Waals surface area contributed by atoms with Gasteiger partial charge >= 0.3 is 31.8 Å². The van der Waals surface area contributed by atoms with Crippen LogP contribution in [0.3, 0.4) is 0 Å². The zero-order valence-electron chi connectivity index (χ0n) is 74.3.